The molecule has 2 aromatic rings. The predicted molar refractivity (Wildman–Crippen MR) is 101 cm³/mol. The zero-order valence-electron chi connectivity index (χ0n) is 15.2. The molecule has 1 heterocycles. The molecule has 0 bridgehead atoms. The molecular formula is C19H22N2O4S. The monoisotopic (exact) mass is 374 g/mol. The molecule has 138 valence electrons. The second-order valence-corrected chi connectivity index (χ2v) is 8.75. The van der Waals surface area contributed by atoms with Crippen LogP contribution in [0, 0.1) is 6.92 Å². The number of carbonyl (C=O) groups is 1. The molecule has 0 aliphatic carbocycles. The maximum atomic E-state index is 12.7. The standard InChI is InChI=1S/C19H22N2O4S/c1-13-5-7-15(8-6-13)20-26(23,24)16-9-10-18-17(11-16)21(14(2)22)12-19(3,4)25-18/h5-11,20H,12H2,1-4H3. The lowest BCUT2D eigenvalue weighted by Gasteiger charge is -2.39. The Bertz CT molecular complexity index is 950. The van der Waals surface area contributed by atoms with Gasteiger partial charge in [0, 0.05) is 12.6 Å². The van der Waals surface area contributed by atoms with Crippen LogP contribution < -0.4 is 14.4 Å². The van der Waals surface area contributed by atoms with Crippen molar-refractivity contribution >= 4 is 27.3 Å². The van der Waals surface area contributed by atoms with Crippen LogP contribution >= 0.6 is 0 Å². The van der Waals surface area contributed by atoms with Crippen LogP contribution in [0.2, 0.25) is 0 Å². The number of benzene rings is 2. The Labute approximate surface area is 153 Å². The zero-order valence-corrected chi connectivity index (χ0v) is 16.1. The molecular weight excluding hydrogens is 352 g/mol. The van der Waals surface area contributed by atoms with E-state index < -0.39 is 15.6 Å². The summed E-state index contributed by atoms with van der Waals surface area (Å²) in [6.45, 7) is 7.51. The van der Waals surface area contributed by atoms with Gasteiger partial charge in [0.1, 0.15) is 11.4 Å². The highest BCUT2D eigenvalue weighted by Crippen LogP contribution is 2.38. The Morgan fingerprint density at radius 2 is 1.81 bits per heavy atom. The fraction of sp³-hybridized carbons (Fsp3) is 0.316. The van der Waals surface area contributed by atoms with E-state index in [1.807, 2.05) is 32.9 Å². The van der Waals surface area contributed by atoms with Gasteiger partial charge in [0.2, 0.25) is 5.91 Å². The Kier molecular flexibility index (Phi) is 4.44. The molecule has 0 fully saturated rings. The molecule has 0 radical (unpaired) electrons. The lowest BCUT2D eigenvalue weighted by molar-refractivity contribution is -0.117. The van der Waals surface area contributed by atoms with Crippen molar-refractivity contribution in [2.45, 2.75) is 38.2 Å². The van der Waals surface area contributed by atoms with Crippen molar-refractivity contribution in [2.24, 2.45) is 0 Å². The third-order valence-electron chi connectivity index (χ3n) is 4.14. The van der Waals surface area contributed by atoms with Gasteiger partial charge in [-0.15, -0.1) is 0 Å². The second-order valence-electron chi connectivity index (χ2n) is 7.07. The van der Waals surface area contributed by atoms with E-state index in [9.17, 15) is 13.2 Å². The van der Waals surface area contributed by atoms with E-state index in [0.29, 0.717) is 23.7 Å². The molecule has 26 heavy (non-hydrogen) atoms. The van der Waals surface area contributed by atoms with Crippen molar-refractivity contribution in [1.29, 1.82) is 0 Å². The first-order valence-electron chi connectivity index (χ1n) is 8.28. The van der Waals surface area contributed by atoms with E-state index in [0.717, 1.165) is 5.56 Å². The van der Waals surface area contributed by atoms with Crippen LogP contribution in [0.3, 0.4) is 0 Å². The van der Waals surface area contributed by atoms with Crippen LogP contribution in [0.1, 0.15) is 26.3 Å². The van der Waals surface area contributed by atoms with Crippen LogP contribution in [0.15, 0.2) is 47.4 Å². The van der Waals surface area contributed by atoms with Gasteiger partial charge in [-0.25, -0.2) is 8.42 Å². The zero-order chi connectivity index (χ0) is 19.1. The summed E-state index contributed by atoms with van der Waals surface area (Å²) in [5, 5.41) is 0. The molecule has 6 nitrogen and oxygen atoms in total. The Morgan fingerprint density at radius 3 is 2.42 bits per heavy atom. The van der Waals surface area contributed by atoms with Gasteiger partial charge < -0.3 is 9.64 Å². The number of sulfonamides is 1. The van der Waals surface area contributed by atoms with E-state index in [2.05, 4.69) is 4.72 Å². The Balaban J connectivity index is 1.98. The van der Waals surface area contributed by atoms with Gasteiger partial charge in [0.15, 0.2) is 0 Å². The van der Waals surface area contributed by atoms with Gasteiger partial charge in [0.25, 0.3) is 10.0 Å². The fourth-order valence-electron chi connectivity index (χ4n) is 2.87. The maximum absolute atomic E-state index is 12.7. The number of rotatable bonds is 3. The van der Waals surface area contributed by atoms with Crippen molar-refractivity contribution in [1.82, 2.24) is 0 Å². The summed E-state index contributed by atoms with van der Waals surface area (Å²) in [4.78, 5) is 13.7. The fourth-order valence-corrected chi connectivity index (χ4v) is 3.95. The number of nitrogens with one attached hydrogen (secondary N) is 1. The van der Waals surface area contributed by atoms with E-state index >= 15 is 0 Å². The highest BCUT2D eigenvalue weighted by atomic mass is 32.2. The number of hydrogen-bond acceptors (Lipinski definition) is 4. The molecule has 0 unspecified atom stereocenters. The number of carbonyl (C=O) groups excluding carboxylic acids is 1. The van der Waals surface area contributed by atoms with Crippen molar-refractivity contribution in [3.8, 4) is 5.75 Å². The van der Waals surface area contributed by atoms with Gasteiger partial charge in [-0.05, 0) is 51.1 Å². The first-order chi connectivity index (χ1) is 12.1. The van der Waals surface area contributed by atoms with E-state index in [-0.39, 0.29) is 10.8 Å². The van der Waals surface area contributed by atoms with Crippen molar-refractivity contribution in [3.05, 3.63) is 48.0 Å². The molecule has 2 aromatic carbocycles. The first kappa shape index (κ1) is 18.3. The van der Waals surface area contributed by atoms with Gasteiger partial charge in [-0.2, -0.15) is 0 Å². The minimum Gasteiger partial charge on any atom is -0.484 e. The van der Waals surface area contributed by atoms with Crippen LogP contribution in [0.25, 0.3) is 0 Å². The van der Waals surface area contributed by atoms with E-state index in [1.165, 1.54) is 19.1 Å². The first-order valence-corrected chi connectivity index (χ1v) is 9.76. The predicted octanol–water partition coefficient (Wildman–Crippen LogP) is 3.32. The van der Waals surface area contributed by atoms with Crippen molar-refractivity contribution in [2.75, 3.05) is 16.2 Å². The minimum absolute atomic E-state index is 0.0754. The molecule has 7 heteroatoms. The number of hydrogen-bond donors (Lipinski definition) is 1. The van der Waals surface area contributed by atoms with Crippen LogP contribution in [-0.4, -0.2) is 26.5 Å². The number of fused-ring (bicyclic) bond motifs is 1. The summed E-state index contributed by atoms with van der Waals surface area (Å²) in [5.41, 5.74) is 1.44. The molecule has 1 aliphatic rings. The highest BCUT2D eigenvalue weighted by Gasteiger charge is 2.34. The third kappa shape index (κ3) is 3.67. The Morgan fingerprint density at radius 1 is 1.15 bits per heavy atom. The summed E-state index contributed by atoms with van der Waals surface area (Å²) in [6, 6.07) is 11.6. The molecule has 0 aromatic heterocycles. The van der Waals surface area contributed by atoms with Gasteiger partial charge in [0.05, 0.1) is 17.1 Å². The normalized spacial score (nSPS) is 15.8. The van der Waals surface area contributed by atoms with Crippen molar-refractivity contribution in [3.63, 3.8) is 0 Å². The number of anilines is 2. The van der Waals surface area contributed by atoms with Crippen LogP contribution in [-0.2, 0) is 14.8 Å². The lowest BCUT2D eigenvalue weighted by Crippen LogP contribution is -2.48. The summed E-state index contributed by atoms with van der Waals surface area (Å²) >= 11 is 0. The molecule has 0 atom stereocenters. The smallest absolute Gasteiger partial charge is 0.261 e. The van der Waals surface area contributed by atoms with Gasteiger partial charge in [-0.3, -0.25) is 9.52 Å². The van der Waals surface area contributed by atoms with Gasteiger partial charge >= 0.3 is 0 Å². The Hall–Kier alpha value is -2.54. The second kappa shape index (κ2) is 6.32. The molecule has 1 aliphatic heterocycles. The molecule has 0 saturated carbocycles. The van der Waals surface area contributed by atoms with Crippen molar-refractivity contribution < 1.29 is 17.9 Å². The third-order valence-corrected chi connectivity index (χ3v) is 5.52. The topological polar surface area (TPSA) is 75.7 Å². The maximum Gasteiger partial charge on any atom is 0.261 e. The average Bonchev–Trinajstić information content (AvgIpc) is 2.54. The molecule has 0 saturated heterocycles. The molecule has 1 amide bonds. The summed E-state index contributed by atoms with van der Waals surface area (Å²) in [7, 11) is -3.78. The number of ether oxygens (including phenoxy) is 1. The summed E-state index contributed by atoms with van der Waals surface area (Å²) in [5.74, 6) is 0.328. The SMILES string of the molecule is CC(=O)N1CC(C)(C)Oc2ccc(S(=O)(=O)Nc3ccc(C)cc3)cc21. The highest BCUT2D eigenvalue weighted by molar-refractivity contribution is 7.92. The van der Waals surface area contributed by atoms with Crippen LogP contribution in [0.5, 0.6) is 5.75 Å². The lowest BCUT2D eigenvalue weighted by atomic mass is 10.1. The summed E-state index contributed by atoms with van der Waals surface area (Å²) in [6.07, 6.45) is 0. The quantitative estimate of drug-likeness (QED) is 0.894. The van der Waals surface area contributed by atoms with E-state index in [4.69, 9.17) is 4.74 Å². The minimum atomic E-state index is -3.78. The largest absolute Gasteiger partial charge is 0.484 e. The number of aryl methyl sites for hydroxylation is 1. The molecule has 0 spiro atoms. The average molecular weight is 374 g/mol. The molecule has 3 rings (SSSR count). The summed E-state index contributed by atoms with van der Waals surface area (Å²) < 4.78 is 33.9. The number of amides is 1. The molecule has 1 N–H and O–H groups in total. The van der Waals surface area contributed by atoms with Gasteiger partial charge in [-0.1, -0.05) is 17.7 Å². The number of nitrogens with zero attached hydrogens (tertiary/aromatic N) is 1. The van der Waals surface area contributed by atoms with Crippen LogP contribution in [0.4, 0.5) is 11.4 Å². The van der Waals surface area contributed by atoms with E-state index in [1.54, 1.807) is 23.1 Å².